The fourth-order valence-electron chi connectivity index (χ4n) is 2.83. The van der Waals surface area contributed by atoms with E-state index in [1.54, 1.807) is 42.5 Å². The number of nitrogens with one attached hydrogen (secondary N) is 1. The molecule has 29 heavy (non-hydrogen) atoms. The van der Waals surface area contributed by atoms with Crippen molar-refractivity contribution in [3.8, 4) is 5.75 Å². The number of hydrogen-bond donors (Lipinski definition) is 2. The Bertz CT molecular complexity index is 1070. The van der Waals surface area contributed by atoms with E-state index in [1.165, 1.54) is 0 Å². The maximum Gasteiger partial charge on any atom is 0.255 e. The number of allylic oxidation sites excluding steroid dienone is 1. The summed E-state index contributed by atoms with van der Waals surface area (Å²) < 4.78 is 5.74. The molecule has 0 bridgehead atoms. The molecule has 0 atom stereocenters. The zero-order valence-corrected chi connectivity index (χ0v) is 16.1. The van der Waals surface area contributed by atoms with Crippen LogP contribution in [0, 0.1) is 0 Å². The first-order chi connectivity index (χ1) is 13.9. The Morgan fingerprint density at radius 3 is 2.45 bits per heavy atom. The zero-order valence-electron chi connectivity index (χ0n) is 16.1. The monoisotopic (exact) mass is 386 g/mol. The minimum atomic E-state index is -0.550. The summed E-state index contributed by atoms with van der Waals surface area (Å²) in [6.45, 7) is 6.04. The molecular weight excluding hydrogens is 364 g/mol. The number of amides is 2. The van der Waals surface area contributed by atoms with E-state index in [2.05, 4.69) is 11.9 Å². The molecule has 0 aromatic heterocycles. The van der Waals surface area contributed by atoms with Crippen LogP contribution in [0.3, 0.4) is 0 Å². The molecule has 0 unspecified atom stereocenters. The highest BCUT2D eigenvalue weighted by atomic mass is 16.5. The number of carbonyl (C=O) groups is 2. The molecule has 0 aliphatic heterocycles. The summed E-state index contributed by atoms with van der Waals surface area (Å²) >= 11 is 0. The molecule has 5 heteroatoms. The van der Waals surface area contributed by atoms with E-state index < -0.39 is 5.91 Å². The zero-order chi connectivity index (χ0) is 20.8. The van der Waals surface area contributed by atoms with Gasteiger partial charge in [0.2, 0.25) is 0 Å². The molecule has 146 valence electrons. The lowest BCUT2D eigenvalue weighted by atomic mass is 10.1. The molecule has 2 amide bonds. The highest BCUT2D eigenvalue weighted by molar-refractivity contribution is 6.04. The number of nitrogens with two attached hydrogens (primary N) is 1. The van der Waals surface area contributed by atoms with Gasteiger partial charge in [0.05, 0.1) is 5.56 Å². The molecule has 0 fully saturated rings. The normalized spacial score (nSPS) is 10.2. The Labute approximate surface area is 169 Å². The van der Waals surface area contributed by atoms with Crippen LogP contribution in [0.1, 0.15) is 38.8 Å². The van der Waals surface area contributed by atoms with E-state index in [4.69, 9.17) is 10.5 Å². The Kier molecular flexibility index (Phi) is 6.09. The first-order valence-electron chi connectivity index (χ1n) is 9.12. The number of para-hydroxylation sites is 1. The number of carbonyl (C=O) groups excluding carboxylic acids is 2. The summed E-state index contributed by atoms with van der Waals surface area (Å²) in [6, 6.07) is 21.5. The minimum Gasteiger partial charge on any atom is -0.488 e. The van der Waals surface area contributed by atoms with Crippen LogP contribution in [-0.4, -0.2) is 11.8 Å². The van der Waals surface area contributed by atoms with Crippen molar-refractivity contribution < 1.29 is 14.3 Å². The molecular formula is C24H22N2O3. The van der Waals surface area contributed by atoms with Gasteiger partial charge in [0.15, 0.2) is 0 Å². The number of rotatable bonds is 7. The lowest BCUT2D eigenvalue weighted by molar-refractivity contribution is 0.0994. The molecule has 0 heterocycles. The predicted molar refractivity (Wildman–Crippen MR) is 115 cm³/mol. The van der Waals surface area contributed by atoms with Crippen LogP contribution in [-0.2, 0) is 6.61 Å². The first-order valence-corrected chi connectivity index (χ1v) is 9.12. The van der Waals surface area contributed by atoms with Gasteiger partial charge in [-0.05, 0) is 54.4 Å². The predicted octanol–water partition coefficient (Wildman–Crippen LogP) is 4.65. The van der Waals surface area contributed by atoms with Gasteiger partial charge in [0.1, 0.15) is 12.4 Å². The Morgan fingerprint density at radius 1 is 0.966 bits per heavy atom. The second-order valence-corrected chi connectivity index (χ2v) is 6.66. The second-order valence-electron chi connectivity index (χ2n) is 6.66. The van der Waals surface area contributed by atoms with Crippen LogP contribution in [0.15, 0.2) is 79.4 Å². The SMILES string of the molecule is C=C(C)c1cccc(NC(=O)c2cccc(COc3ccccc3C(N)=O)c2)c1. The van der Waals surface area contributed by atoms with Crippen LogP contribution in [0.25, 0.3) is 5.57 Å². The summed E-state index contributed by atoms with van der Waals surface area (Å²) in [5, 5.41) is 2.90. The van der Waals surface area contributed by atoms with Crippen molar-refractivity contribution in [3.63, 3.8) is 0 Å². The van der Waals surface area contributed by atoms with Gasteiger partial charge in [-0.3, -0.25) is 9.59 Å². The summed E-state index contributed by atoms with van der Waals surface area (Å²) in [5.74, 6) is -0.361. The fraction of sp³-hybridized carbons (Fsp3) is 0.0833. The maximum absolute atomic E-state index is 12.6. The molecule has 5 nitrogen and oxygen atoms in total. The lowest BCUT2D eigenvalue weighted by Crippen LogP contribution is -2.13. The van der Waals surface area contributed by atoms with E-state index in [0.717, 1.165) is 16.7 Å². The summed E-state index contributed by atoms with van der Waals surface area (Å²) in [6.07, 6.45) is 0. The average molecular weight is 386 g/mol. The van der Waals surface area contributed by atoms with E-state index in [0.29, 0.717) is 22.6 Å². The van der Waals surface area contributed by atoms with Crippen molar-refractivity contribution in [2.75, 3.05) is 5.32 Å². The van der Waals surface area contributed by atoms with E-state index in [9.17, 15) is 9.59 Å². The van der Waals surface area contributed by atoms with Gasteiger partial charge in [0, 0.05) is 11.3 Å². The fourth-order valence-corrected chi connectivity index (χ4v) is 2.83. The van der Waals surface area contributed by atoms with Crippen LogP contribution >= 0.6 is 0 Å². The molecule has 0 spiro atoms. The van der Waals surface area contributed by atoms with Gasteiger partial charge in [-0.15, -0.1) is 0 Å². The van der Waals surface area contributed by atoms with Crippen LogP contribution < -0.4 is 15.8 Å². The standard InChI is InChI=1S/C24H22N2O3/c1-16(2)18-8-6-10-20(14-18)26-24(28)19-9-5-7-17(13-19)15-29-22-12-4-3-11-21(22)23(25)27/h3-14H,1,15H2,2H3,(H2,25,27)(H,26,28). The molecule has 0 aliphatic rings. The summed E-state index contributed by atoms with van der Waals surface area (Å²) in [7, 11) is 0. The molecule has 0 saturated heterocycles. The first kappa shape index (κ1) is 19.9. The quantitative estimate of drug-likeness (QED) is 0.620. The van der Waals surface area contributed by atoms with Gasteiger partial charge < -0.3 is 15.8 Å². The molecule has 3 rings (SSSR count). The van der Waals surface area contributed by atoms with Gasteiger partial charge in [0.25, 0.3) is 11.8 Å². The molecule has 0 aliphatic carbocycles. The smallest absolute Gasteiger partial charge is 0.255 e. The van der Waals surface area contributed by atoms with Crippen molar-refractivity contribution >= 4 is 23.1 Å². The van der Waals surface area contributed by atoms with Gasteiger partial charge >= 0.3 is 0 Å². The number of anilines is 1. The van der Waals surface area contributed by atoms with Crippen molar-refractivity contribution in [1.29, 1.82) is 0 Å². The van der Waals surface area contributed by atoms with Crippen molar-refractivity contribution in [2.24, 2.45) is 5.73 Å². The van der Waals surface area contributed by atoms with E-state index in [1.807, 2.05) is 37.3 Å². The molecule has 3 aromatic rings. The number of ether oxygens (including phenoxy) is 1. The number of primary amides is 1. The summed E-state index contributed by atoms with van der Waals surface area (Å²) in [4.78, 5) is 24.1. The third-order valence-corrected chi connectivity index (χ3v) is 4.35. The molecule has 3 aromatic carbocycles. The minimum absolute atomic E-state index is 0.205. The topological polar surface area (TPSA) is 81.4 Å². The number of benzene rings is 3. The summed E-state index contributed by atoms with van der Waals surface area (Å²) in [5.41, 5.74) is 9.60. The van der Waals surface area contributed by atoms with Gasteiger partial charge in [-0.25, -0.2) is 0 Å². The van der Waals surface area contributed by atoms with Crippen molar-refractivity contribution in [1.82, 2.24) is 0 Å². The van der Waals surface area contributed by atoms with Crippen molar-refractivity contribution in [3.05, 3.63) is 102 Å². The third-order valence-electron chi connectivity index (χ3n) is 4.35. The average Bonchev–Trinajstić information content (AvgIpc) is 2.72. The Balaban J connectivity index is 1.71. The van der Waals surface area contributed by atoms with Crippen LogP contribution in [0.2, 0.25) is 0 Å². The Morgan fingerprint density at radius 2 is 1.69 bits per heavy atom. The van der Waals surface area contributed by atoms with E-state index >= 15 is 0 Å². The maximum atomic E-state index is 12.6. The number of hydrogen-bond acceptors (Lipinski definition) is 3. The van der Waals surface area contributed by atoms with Gasteiger partial charge in [-0.1, -0.05) is 48.6 Å². The highest BCUT2D eigenvalue weighted by Crippen LogP contribution is 2.20. The molecule has 0 saturated carbocycles. The Hall–Kier alpha value is -3.86. The van der Waals surface area contributed by atoms with Crippen molar-refractivity contribution in [2.45, 2.75) is 13.5 Å². The largest absolute Gasteiger partial charge is 0.488 e. The molecule has 0 radical (unpaired) electrons. The third kappa shape index (κ3) is 5.11. The van der Waals surface area contributed by atoms with Gasteiger partial charge in [-0.2, -0.15) is 0 Å². The van der Waals surface area contributed by atoms with Crippen LogP contribution in [0.4, 0.5) is 5.69 Å². The lowest BCUT2D eigenvalue weighted by Gasteiger charge is -2.11. The highest BCUT2D eigenvalue weighted by Gasteiger charge is 2.10. The second kappa shape index (κ2) is 8.89. The molecule has 3 N–H and O–H groups in total. The van der Waals surface area contributed by atoms with Crippen LogP contribution in [0.5, 0.6) is 5.75 Å². The van der Waals surface area contributed by atoms with E-state index in [-0.39, 0.29) is 12.5 Å².